The lowest BCUT2D eigenvalue weighted by molar-refractivity contribution is -0.123. The molecule has 0 aromatic carbocycles. The molecule has 23 heavy (non-hydrogen) atoms. The fourth-order valence-electron chi connectivity index (χ4n) is 2.83. The van der Waals surface area contributed by atoms with Gasteiger partial charge < -0.3 is 11.1 Å². The molecular formula is C17H28N4O2. The molecular weight excluding hydrogens is 292 g/mol. The topological polar surface area (TPSA) is 90.0 Å². The van der Waals surface area contributed by atoms with E-state index < -0.39 is 11.4 Å². The van der Waals surface area contributed by atoms with E-state index in [1.54, 1.807) is 23.9 Å². The second kappa shape index (κ2) is 6.72. The highest BCUT2D eigenvalue weighted by Gasteiger charge is 2.37. The maximum atomic E-state index is 12.4. The molecule has 1 aliphatic carbocycles. The molecule has 128 valence electrons. The van der Waals surface area contributed by atoms with Crippen molar-refractivity contribution in [3.8, 4) is 0 Å². The van der Waals surface area contributed by atoms with Gasteiger partial charge in [-0.05, 0) is 51.0 Å². The van der Waals surface area contributed by atoms with E-state index in [0.717, 1.165) is 12.8 Å². The van der Waals surface area contributed by atoms with Crippen molar-refractivity contribution in [2.45, 2.75) is 71.4 Å². The predicted molar refractivity (Wildman–Crippen MR) is 88.8 cm³/mol. The first kappa shape index (κ1) is 17.5. The summed E-state index contributed by atoms with van der Waals surface area (Å²) in [7, 11) is 0. The van der Waals surface area contributed by atoms with E-state index >= 15 is 0 Å². The van der Waals surface area contributed by atoms with Gasteiger partial charge in [0.1, 0.15) is 11.2 Å². The van der Waals surface area contributed by atoms with Gasteiger partial charge in [-0.3, -0.25) is 14.3 Å². The first-order chi connectivity index (χ1) is 10.8. The minimum absolute atomic E-state index is 0.306. The van der Waals surface area contributed by atoms with E-state index in [9.17, 15) is 9.59 Å². The molecule has 0 aliphatic heterocycles. The monoisotopic (exact) mass is 320 g/mol. The Kier molecular flexibility index (Phi) is 5.12. The average Bonchev–Trinajstić information content (AvgIpc) is 3.03. The summed E-state index contributed by atoms with van der Waals surface area (Å²) in [5.74, 6) is -0.800. The molecule has 1 aromatic heterocycles. The summed E-state index contributed by atoms with van der Waals surface area (Å²) < 4.78 is 1.60. The molecule has 2 rings (SSSR count). The van der Waals surface area contributed by atoms with Crippen LogP contribution < -0.4 is 11.1 Å². The van der Waals surface area contributed by atoms with E-state index in [1.807, 2.05) is 6.92 Å². The SMILES string of the molecule is CCn1nccc1C(=O)NC(C)(CCCCC1(C)CC1)C(N)=O. The highest BCUT2D eigenvalue weighted by Crippen LogP contribution is 2.49. The van der Waals surface area contributed by atoms with Crippen LogP contribution in [0.2, 0.25) is 0 Å². The molecule has 6 nitrogen and oxygen atoms in total. The van der Waals surface area contributed by atoms with Crippen LogP contribution in [0.3, 0.4) is 0 Å². The average molecular weight is 320 g/mol. The van der Waals surface area contributed by atoms with Crippen LogP contribution in [0.5, 0.6) is 0 Å². The van der Waals surface area contributed by atoms with Gasteiger partial charge in [0.2, 0.25) is 5.91 Å². The van der Waals surface area contributed by atoms with Gasteiger partial charge in [0.05, 0.1) is 0 Å². The lowest BCUT2D eigenvalue weighted by Gasteiger charge is -2.27. The molecule has 3 N–H and O–H groups in total. The van der Waals surface area contributed by atoms with Crippen LogP contribution >= 0.6 is 0 Å². The first-order valence-corrected chi connectivity index (χ1v) is 8.44. The lowest BCUT2D eigenvalue weighted by atomic mass is 9.91. The van der Waals surface area contributed by atoms with Gasteiger partial charge in [-0.25, -0.2) is 0 Å². The number of nitrogens with one attached hydrogen (secondary N) is 1. The molecule has 1 aliphatic rings. The van der Waals surface area contributed by atoms with Crippen LogP contribution in [0.1, 0.15) is 69.8 Å². The van der Waals surface area contributed by atoms with Crippen LogP contribution in [0, 0.1) is 5.41 Å². The molecule has 0 spiro atoms. The first-order valence-electron chi connectivity index (χ1n) is 8.44. The highest BCUT2D eigenvalue weighted by molar-refractivity contribution is 5.97. The third kappa shape index (κ3) is 4.33. The quantitative estimate of drug-likeness (QED) is 0.684. The van der Waals surface area contributed by atoms with Gasteiger partial charge in [-0.15, -0.1) is 0 Å². The second-order valence-corrected chi connectivity index (χ2v) is 7.20. The third-order valence-electron chi connectivity index (χ3n) is 4.99. The smallest absolute Gasteiger partial charge is 0.270 e. The van der Waals surface area contributed by atoms with Gasteiger partial charge in [0, 0.05) is 12.7 Å². The Morgan fingerprint density at radius 1 is 1.43 bits per heavy atom. The van der Waals surface area contributed by atoms with Crippen LogP contribution in [-0.2, 0) is 11.3 Å². The predicted octanol–water partition coefficient (Wildman–Crippen LogP) is 2.24. The Morgan fingerprint density at radius 3 is 2.70 bits per heavy atom. The zero-order valence-corrected chi connectivity index (χ0v) is 14.4. The minimum Gasteiger partial charge on any atom is -0.368 e. The van der Waals surface area contributed by atoms with Gasteiger partial charge in [0.25, 0.3) is 5.91 Å². The largest absolute Gasteiger partial charge is 0.368 e. The summed E-state index contributed by atoms with van der Waals surface area (Å²) in [5.41, 5.74) is 5.49. The highest BCUT2D eigenvalue weighted by atomic mass is 16.2. The molecule has 1 aromatic rings. The van der Waals surface area contributed by atoms with Crippen LogP contribution in [0.15, 0.2) is 12.3 Å². The Labute approximate surface area is 137 Å². The Bertz CT molecular complexity index is 577. The summed E-state index contributed by atoms with van der Waals surface area (Å²) in [6.07, 6.45) is 7.86. The number of hydrogen-bond donors (Lipinski definition) is 2. The number of unbranched alkanes of at least 4 members (excludes halogenated alkanes) is 1. The number of hydrogen-bond acceptors (Lipinski definition) is 3. The van der Waals surface area contributed by atoms with Crippen LogP contribution in [0.4, 0.5) is 0 Å². The van der Waals surface area contributed by atoms with Crippen molar-refractivity contribution >= 4 is 11.8 Å². The van der Waals surface area contributed by atoms with Gasteiger partial charge in [0.15, 0.2) is 0 Å². The maximum Gasteiger partial charge on any atom is 0.270 e. The summed E-state index contributed by atoms with van der Waals surface area (Å²) >= 11 is 0. The second-order valence-electron chi connectivity index (χ2n) is 7.20. The molecule has 0 radical (unpaired) electrons. The number of carbonyl (C=O) groups is 2. The zero-order valence-electron chi connectivity index (χ0n) is 14.4. The minimum atomic E-state index is -1.02. The maximum absolute atomic E-state index is 12.4. The van der Waals surface area contributed by atoms with Crippen molar-refractivity contribution in [1.29, 1.82) is 0 Å². The molecule has 0 bridgehead atoms. The van der Waals surface area contributed by atoms with Crippen molar-refractivity contribution < 1.29 is 9.59 Å². The Hall–Kier alpha value is -1.85. The number of rotatable bonds is 9. The molecule has 6 heteroatoms. The molecule has 1 atom stereocenters. The third-order valence-corrected chi connectivity index (χ3v) is 4.99. The molecule has 2 amide bonds. The van der Waals surface area contributed by atoms with Crippen molar-refractivity contribution in [2.24, 2.45) is 11.1 Å². The molecule has 0 saturated heterocycles. The van der Waals surface area contributed by atoms with E-state index in [4.69, 9.17) is 5.73 Å². The summed E-state index contributed by atoms with van der Waals surface area (Å²) in [4.78, 5) is 24.3. The number of carbonyl (C=O) groups excluding carboxylic acids is 2. The van der Waals surface area contributed by atoms with Gasteiger partial charge in [-0.1, -0.05) is 19.8 Å². The number of nitrogens with two attached hydrogens (primary N) is 1. The Morgan fingerprint density at radius 2 is 2.13 bits per heavy atom. The van der Waals surface area contributed by atoms with Crippen molar-refractivity contribution in [3.63, 3.8) is 0 Å². The normalized spacial score (nSPS) is 18.2. The lowest BCUT2D eigenvalue weighted by Crippen LogP contribution is -2.55. The fourth-order valence-corrected chi connectivity index (χ4v) is 2.83. The van der Waals surface area contributed by atoms with Gasteiger partial charge in [-0.2, -0.15) is 5.10 Å². The number of primary amides is 1. The fraction of sp³-hybridized carbons (Fsp3) is 0.706. The van der Waals surface area contributed by atoms with Crippen molar-refractivity contribution in [3.05, 3.63) is 18.0 Å². The van der Waals surface area contributed by atoms with Gasteiger partial charge >= 0.3 is 0 Å². The summed E-state index contributed by atoms with van der Waals surface area (Å²) in [6.45, 7) is 6.52. The molecule has 1 fully saturated rings. The summed E-state index contributed by atoms with van der Waals surface area (Å²) in [5, 5.41) is 6.89. The van der Waals surface area contributed by atoms with Crippen LogP contribution in [0.25, 0.3) is 0 Å². The number of nitrogens with zero attached hydrogens (tertiary/aromatic N) is 2. The molecule has 1 heterocycles. The van der Waals surface area contributed by atoms with E-state index in [-0.39, 0.29) is 5.91 Å². The zero-order chi connectivity index (χ0) is 17.1. The number of aryl methyl sites for hydroxylation is 1. The van der Waals surface area contributed by atoms with Crippen molar-refractivity contribution in [2.75, 3.05) is 0 Å². The van der Waals surface area contributed by atoms with E-state index in [2.05, 4.69) is 17.3 Å². The van der Waals surface area contributed by atoms with Crippen LogP contribution in [-0.4, -0.2) is 27.1 Å². The number of aromatic nitrogens is 2. The van der Waals surface area contributed by atoms with E-state index in [0.29, 0.717) is 24.1 Å². The number of amides is 2. The molecule has 1 saturated carbocycles. The Balaban J connectivity index is 1.93. The molecule has 1 unspecified atom stereocenters. The van der Waals surface area contributed by atoms with Crippen molar-refractivity contribution in [1.82, 2.24) is 15.1 Å². The standard InChI is InChI=1S/C17H28N4O2/c1-4-21-13(7-12-19-21)14(22)20-17(3,15(18)23)9-6-5-8-16(2)10-11-16/h7,12H,4-6,8-11H2,1-3H3,(H2,18,23)(H,20,22). The summed E-state index contributed by atoms with van der Waals surface area (Å²) in [6, 6.07) is 1.65. The van der Waals surface area contributed by atoms with E-state index in [1.165, 1.54) is 19.3 Å².